The van der Waals surface area contributed by atoms with Crippen molar-refractivity contribution < 1.29 is 34.3 Å². The number of carbonyl (C=O) groups excluding carboxylic acids is 1. The lowest BCUT2D eigenvalue weighted by Crippen LogP contribution is -2.64. The summed E-state index contributed by atoms with van der Waals surface area (Å²) in [5.41, 5.74) is -0.115. The molecule has 0 spiro atoms. The maximum atomic E-state index is 11.5. The predicted molar refractivity (Wildman–Crippen MR) is 128 cm³/mol. The molecule has 0 aromatic heterocycles. The average molecular weight is 476 g/mol. The number of nitrogens with one attached hydrogen (secondary N) is 1. The first-order chi connectivity index (χ1) is 15.0. The molecule has 0 radical (unpaired) electrons. The SMILES string of the molecule is CC(=O)N[C@H]1[C@H](OCCC(C)(C)OCCC(C)(C)C(C)(C)CC(C)C)O[C@H](CO)[C@H](O)[C@@H]1O. The molecule has 1 aliphatic heterocycles. The van der Waals surface area contributed by atoms with Crippen LogP contribution in [0.15, 0.2) is 0 Å². The fourth-order valence-electron chi connectivity index (χ4n) is 4.32. The van der Waals surface area contributed by atoms with E-state index in [-0.39, 0.29) is 23.3 Å². The minimum Gasteiger partial charge on any atom is -0.394 e. The Hall–Kier alpha value is -0.770. The number of hydrogen-bond acceptors (Lipinski definition) is 7. The number of amides is 1. The van der Waals surface area contributed by atoms with Crippen LogP contribution < -0.4 is 5.32 Å². The number of aliphatic hydroxyl groups excluding tert-OH is 3. The lowest BCUT2D eigenvalue weighted by Gasteiger charge is -2.44. The molecule has 1 aliphatic rings. The highest BCUT2D eigenvalue weighted by molar-refractivity contribution is 5.73. The van der Waals surface area contributed by atoms with Crippen molar-refractivity contribution in [3.05, 3.63) is 0 Å². The molecule has 0 aromatic rings. The van der Waals surface area contributed by atoms with Crippen LogP contribution in [0.3, 0.4) is 0 Å². The van der Waals surface area contributed by atoms with Gasteiger partial charge in [-0.15, -0.1) is 0 Å². The Balaban J connectivity index is 2.61. The molecule has 1 heterocycles. The third kappa shape index (κ3) is 9.07. The number of aliphatic hydroxyl groups is 3. The summed E-state index contributed by atoms with van der Waals surface area (Å²) in [4.78, 5) is 11.5. The van der Waals surface area contributed by atoms with Gasteiger partial charge in [0.15, 0.2) is 6.29 Å². The zero-order valence-electron chi connectivity index (χ0n) is 22.2. The molecule has 1 fully saturated rings. The van der Waals surface area contributed by atoms with Crippen LogP contribution in [0.2, 0.25) is 0 Å². The first-order valence-electron chi connectivity index (χ1n) is 12.2. The van der Waals surface area contributed by atoms with E-state index in [0.717, 1.165) is 12.8 Å². The number of ether oxygens (including phenoxy) is 3. The van der Waals surface area contributed by atoms with Gasteiger partial charge in [-0.05, 0) is 49.9 Å². The number of rotatable bonds is 13. The van der Waals surface area contributed by atoms with Crippen LogP contribution in [0, 0.1) is 16.7 Å². The molecule has 4 N–H and O–H groups in total. The van der Waals surface area contributed by atoms with E-state index in [1.807, 2.05) is 13.8 Å². The molecule has 0 saturated carbocycles. The van der Waals surface area contributed by atoms with Gasteiger partial charge in [-0.3, -0.25) is 4.79 Å². The molecule has 1 rings (SSSR count). The van der Waals surface area contributed by atoms with Crippen molar-refractivity contribution >= 4 is 5.91 Å². The molecule has 8 nitrogen and oxygen atoms in total. The fraction of sp³-hybridized carbons (Fsp3) is 0.960. The molecule has 0 unspecified atom stereocenters. The van der Waals surface area contributed by atoms with E-state index in [4.69, 9.17) is 14.2 Å². The van der Waals surface area contributed by atoms with Crippen molar-refractivity contribution in [3.63, 3.8) is 0 Å². The van der Waals surface area contributed by atoms with Gasteiger partial charge < -0.3 is 34.8 Å². The third-order valence-electron chi connectivity index (χ3n) is 7.21. The molecule has 0 aliphatic carbocycles. The molecule has 1 saturated heterocycles. The fourth-order valence-corrected chi connectivity index (χ4v) is 4.32. The van der Waals surface area contributed by atoms with Crippen molar-refractivity contribution in [3.8, 4) is 0 Å². The lowest BCUT2D eigenvalue weighted by atomic mass is 9.63. The molecule has 196 valence electrons. The van der Waals surface area contributed by atoms with Gasteiger partial charge in [-0.2, -0.15) is 0 Å². The van der Waals surface area contributed by atoms with E-state index in [0.29, 0.717) is 18.9 Å². The average Bonchev–Trinajstić information content (AvgIpc) is 2.65. The minimum absolute atomic E-state index is 0.127. The first-order valence-corrected chi connectivity index (χ1v) is 12.2. The summed E-state index contributed by atoms with van der Waals surface area (Å²) >= 11 is 0. The summed E-state index contributed by atoms with van der Waals surface area (Å²) in [6, 6.07) is -0.937. The summed E-state index contributed by atoms with van der Waals surface area (Å²) in [6.45, 7) is 19.5. The molecule has 0 bridgehead atoms. The maximum Gasteiger partial charge on any atom is 0.217 e. The molecule has 33 heavy (non-hydrogen) atoms. The Labute approximate surface area is 200 Å². The Morgan fingerprint density at radius 3 is 2.12 bits per heavy atom. The maximum absolute atomic E-state index is 11.5. The normalized spacial score (nSPS) is 27.1. The molecule has 8 heteroatoms. The van der Waals surface area contributed by atoms with Gasteiger partial charge in [0.25, 0.3) is 0 Å². The van der Waals surface area contributed by atoms with Crippen LogP contribution >= 0.6 is 0 Å². The highest BCUT2D eigenvalue weighted by Crippen LogP contribution is 2.45. The monoisotopic (exact) mass is 475 g/mol. The van der Waals surface area contributed by atoms with Crippen molar-refractivity contribution in [2.24, 2.45) is 16.7 Å². The molecule has 1 amide bonds. The van der Waals surface area contributed by atoms with Crippen LogP contribution in [-0.4, -0.2) is 77.3 Å². The Morgan fingerprint density at radius 2 is 1.61 bits per heavy atom. The smallest absolute Gasteiger partial charge is 0.217 e. The minimum atomic E-state index is -1.32. The summed E-state index contributed by atoms with van der Waals surface area (Å²) in [6.07, 6.45) is -1.95. The molecule has 0 aromatic carbocycles. The Bertz CT molecular complexity index is 606. The summed E-state index contributed by atoms with van der Waals surface area (Å²) in [7, 11) is 0. The first kappa shape index (κ1) is 30.3. The summed E-state index contributed by atoms with van der Waals surface area (Å²) in [5.74, 6) is 0.264. The van der Waals surface area contributed by atoms with E-state index in [1.54, 1.807) is 0 Å². The van der Waals surface area contributed by atoms with Gasteiger partial charge in [0.05, 0.1) is 18.8 Å². The van der Waals surface area contributed by atoms with Gasteiger partial charge in [0.1, 0.15) is 24.4 Å². The molecule has 5 atom stereocenters. The summed E-state index contributed by atoms with van der Waals surface area (Å²) in [5, 5.41) is 32.5. The predicted octanol–water partition coefficient (Wildman–Crippen LogP) is 2.62. The quantitative estimate of drug-likeness (QED) is 0.323. The third-order valence-corrected chi connectivity index (χ3v) is 7.21. The van der Waals surface area contributed by atoms with E-state index < -0.39 is 42.9 Å². The van der Waals surface area contributed by atoms with E-state index in [2.05, 4.69) is 46.9 Å². The van der Waals surface area contributed by atoms with Crippen LogP contribution in [0.25, 0.3) is 0 Å². The second kappa shape index (κ2) is 12.3. The van der Waals surface area contributed by atoms with Crippen LogP contribution in [0.1, 0.15) is 81.6 Å². The Kier molecular flexibility index (Phi) is 11.3. The van der Waals surface area contributed by atoms with E-state index >= 15 is 0 Å². The summed E-state index contributed by atoms with van der Waals surface area (Å²) < 4.78 is 17.6. The van der Waals surface area contributed by atoms with Crippen LogP contribution in [0.5, 0.6) is 0 Å². The largest absolute Gasteiger partial charge is 0.394 e. The van der Waals surface area contributed by atoms with Gasteiger partial charge in [0, 0.05) is 13.5 Å². The van der Waals surface area contributed by atoms with Crippen molar-refractivity contribution in [2.45, 2.75) is 118 Å². The zero-order valence-corrected chi connectivity index (χ0v) is 22.2. The number of carbonyl (C=O) groups is 1. The topological polar surface area (TPSA) is 117 Å². The highest BCUT2D eigenvalue weighted by atomic mass is 16.7. The van der Waals surface area contributed by atoms with Crippen molar-refractivity contribution in [1.29, 1.82) is 0 Å². The van der Waals surface area contributed by atoms with Crippen LogP contribution in [-0.2, 0) is 19.0 Å². The van der Waals surface area contributed by atoms with Crippen LogP contribution in [0.4, 0.5) is 0 Å². The molecular weight excluding hydrogens is 426 g/mol. The van der Waals surface area contributed by atoms with Gasteiger partial charge >= 0.3 is 0 Å². The second-order valence-corrected chi connectivity index (χ2v) is 11.8. The van der Waals surface area contributed by atoms with Crippen molar-refractivity contribution in [1.82, 2.24) is 5.32 Å². The molecular formula is C25H49NO7. The van der Waals surface area contributed by atoms with E-state index in [1.165, 1.54) is 6.92 Å². The zero-order chi connectivity index (χ0) is 25.6. The van der Waals surface area contributed by atoms with Crippen molar-refractivity contribution in [2.75, 3.05) is 19.8 Å². The Morgan fingerprint density at radius 1 is 1.00 bits per heavy atom. The van der Waals surface area contributed by atoms with Gasteiger partial charge in [0.2, 0.25) is 5.91 Å². The lowest BCUT2D eigenvalue weighted by molar-refractivity contribution is -0.272. The number of hydrogen-bond donors (Lipinski definition) is 4. The second-order valence-electron chi connectivity index (χ2n) is 11.8. The highest BCUT2D eigenvalue weighted by Gasteiger charge is 2.45. The van der Waals surface area contributed by atoms with E-state index in [9.17, 15) is 20.1 Å². The van der Waals surface area contributed by atoms with Gasteiger partial charge in [-0.25, -0.2) is 0 Å². The van der Waals surface area contributed by atoms with Gasteiger partial charge in [-0.1, -0.05) is 41.5 Å². The standard InChI is InChI=1S/C25H49NO7/c1-16(2)14-24(6,7)23(4,5)10-13-32-25(8,9)11-12-31-22-19(26-17(3)28)21(30)20(29)18(15-27)33-22/h16,18-22,27,29-30H,10-15H2,1-9H3,(H,26,28)/t18-,19-,20+,21-,22-/m1/s1.